The van der Waals surface area contributed by atoms with E-state index in [2.05, 4.69) is 11.2 Å². The van der Waals surface area contributed by atoms with Gasteiger partial charge in [0.05, 0.1) is 11.6 Å². The molecule has 1 unspecified atom stereocenters. The number of rotatable bonds is 5. The third-order valence-electron chi connectivity index (χ3n) is 2.32. The molecule has 0 aliphatic carbocycles. The van der Waals surface area contributed by atoms with E-state index in [1.807, 2.05) is 6.92 Å². The van der Waals surface area contributed by atoms with E-state index in [9.17, 15) is 9.18 Å². The molecule has 0 amide bonds. The standard InChI is InChI=1S/C13H14FNO2/c1-3-5-10(4-2)15-12-7-6-9(14)8-11(12)13(16)17/h2,6-8,10,15H,3,5H2,1H3,(H,16,17). The molecular formula is C13H14FNO2. The summed E-state index contributed by atoms with van der Waals surface area (Å²) in [5.41, 5.74) is 0.233. The van der Waals surface area contributed by atoms with Crippen molar-refractivity contribution in [3.05, 3.63) is 29.6 Å². The lowest BCUT2D eigenvalue weighted by molar-refractivity contribution is 0.0697. The van der Waals surface area contributed by atoms with Crippen LogP contribution in [0, 0.1) is 18.2 Å². The Kier molecular flexibility index (Phi) is 4.53. The van der Waals surface area contributed by atoms with Crippen molar-refractivity contribution in [3.8, 4) is 12.3 Å². The Bertz CT molecular complexity index is 451. The first-order valence-electron chi connectivity index (χ1n) is 5.34. The Balaban J connectivity index is 2.98. The minimum absolute atomic E-state index is 0.110. The van der Waals surface area contributed by atoms with Crippen LogP contribution in [0.5, 0.6) is 0 Å². The molecule has 1 aromatic rings. The van der Waals surface area contributed by atoms with Crippen molar-refractivity contribution in [1.82, 2.24) is 0 Å². The minimum atomic E-state index is -1.18. The molecule has 0 aliphatic heterocycles. The number of halogens is 1. The second-order valence-electron chi connectivity index (χ2n) is 3.65. The lowest BCUT2D eigenvalue weighted by Gasteiger charge is -2.15. The quantitative estimate of drug-likeness (QED) is 0.771. The summed E-state index contributed by atoms with van der Waals surface area (Å²) in [4.78, 5) is 10.9. The van der Waals surface area contributed by atoms with E-state index in [-0.39, 0.29) is 11.6 Å². The van der Waals surface area contributed by atoms with E-state index in [0.29, 0.717) is 5.69 Å². The van der Waals surface area contributed by atoms with Gasteiger partial charge in [-0.25, -0.2) is 9.18 Å². The van der Waals surface area contributed by atoms with Crippen LogP contribution in [0.25, 0.3) is 0 Å². The van der Waals surface area contributed by atoms with Crippen LogP contribution in [0.1, 0.15) is 30.1 Å². The van der Waals surface area contributed by atoms with Gasteiger partial charge in [0.15, 0.2) is 0 Å². The highest BCUT2D eigenvalue weighted by atomic mass is 19.1. The van der Waals surface area contributed by atoms with E-state index in [1.165, 1.54) is 12.1 Å². The van der Waals surface area contributed by atoms with Gasteiger partial charge in [-0.1, -0.05) is 19.3 Å². The van der Waals surface area contributed by atoms with Crippen molar-refractivity contribution in [1.29, 1.82) is 0 Å². The largest absolute Gasteiger partial charge is 0.478 e. The third-order valence-corrected chi connectivity index (χ3v) is 2.32. The molecule has 0 saturated heterocycles. The first-order chi connectivity index (χ1) is 8.08. The van der Waals surface area contributed by atoms with E-state index in [4.69, 9.17) is 11.5 Å². The van der Waals surface area contributed by atoms with E-state index >= 15 is 0 Å². The van der Waals surface area contributed by atoms with Gasteiger partial charge in [0.25, 0.3) is 0 Å². The topological polar surface area (TPSA) is 49.3 Å². The summed E-state index contributed by atoms with van der Waals surface area (Å²) >= 11 is 0. The number of hydrogen-bond donors (Lipinski definition) is 2. The van der Waals surface area contributed by atoms with Crippen molar-refractivity contribution in [2.24, 2.45) is 0 Å². The Morgan fingerprint density at radius 2 is 2.35 bits per heavy atom. The number of carbonyl (C=O) groups is 1. The molecule has 2 N–H and O–H groups in total. The molecule has 17 heavy (non-hydrogen) atoms. The summed E-state index contributed by atoms with van der Waals surface area (Å²) in [5, 5.41) is 11.9. The van der Waals surface area contributed by atoms with Crippen LogP contribution in [0.15, 0.2) is 18.2 Å². The molecule has 1 aromatic carbocycles. The normalized spacial score (nSPS) is 11.6. The smallest absolute Gasteiger partial charge is 0.337 e. The number of terminal acetylenes is 1. The van der Waals surface area contributed by atoms with Crippen LogP contribution >= 0.6 is 0 Å². The second kappa shape index (κ2) is 5.90. The number of carboxylic acid groups (broad SMARTS) is 1. The van der Waals surface area contributed by atoms with E-state index < -0.39 is 11.8 Å². The highest BCUT2D eigenvalue weighted by Crippen LogP contribution is 2.19. The number of benzene rings is 1. The van der Waals surface area contributed by atoms with Crippen LogP contribution in [0.2, 0.25) is 0 Å². The van der Waals surface area contributed by atoms with Crippen LogP contribution in [0.4, 0.5) is 10.1 Å². The van der Waals surface area contributed by atoms with Gasteiger partial charge in [-0.3, -0.25) is 0 Å². The maximum absolute atomic E-state index is 12.9. The predicted octanol–water partition coefficient (Wildman–Crippen LogP) is 2.74. The summed E-state index contributed by atoms with van der Waals surface area (Å²) in [6, 6.07) is 3.32. The Hall–Kier alpha value is -2.02. The fraction of sp³-hybridized carbons (Fsp3) is 0.308. The molecule has 1 rings (SSSR count). The number of aromatic carboxylic acids is 1. The molecule has 0 aliphatic rings. The maximum Gasteiger partial charge on any atom is 0.337 e. The van der Waals surface area contributed by atoms with Gasteiger partial charge in [0.2, 0.25) is 0 Å². The van der Waals surface area contributed by atoms with Crippen molar-refractivity contribution >= 4 is 11.7 Å². The monoisotopic (exact) mass is 235 g/mol. The van der Waals surface area contributed by atoms with Crippen molar-refractivity contribution < 1.29 is 14.3 Å². The summed E-state index contributed by atoms with van der Waals surface area (Å²) in [7, 11) is 0. The first-order valence-corrected chi connectivity index (χ1v) is 5.34. The highest BCUT2D eigenvalue weighted by molar-refractivity contribution is 5.94. The average Bonchev–Trinajstić information content (AvgIpc) is 2.30. The zero-order valence-electron chi connectivity index (χ0n) is 9.53. The van der Waals surface area contributed by atoms with Gasteiger partial charge >= 0.3 is 5.97 Å². The number of hydrogen-bond acceptors (Lipinski definition) is 2. The number of anilines is 1. The van der Waals surface area contributed by atoms with Crippen LogP contribution in [-0.2, 0) is 0 Å². The summed E-state index contributed by atoms with van der Waals surface area (Å²) in [6.45, 7) is 1.98. The molecule has 0 spiro atoms. The Labute approximate surface area is 99.7 Å². The second-order valence-corrected chi connectivity index (χ2v) is 3.65. The Morgan fingerprint density at radius 3 is 2.88 bits per heavy atom. The van der Waals surface area contributed by atoms with Gasteiger partial charge in [0.1, 0.15) is 5.82 Å². The molecule has 1 atom stereocenters. The summed E-state index contributed by atoms with van der Waals surface area (Å²) in [6.07, 6.45) is 6.94. The van der Waals surface area contributed by atoms with Gasteiger partial charge in [-0.2, -0.15) is 0 Å². The molecule has 4 heteroatoms. The number of carboxylic acids is 1. The summed E-state index contributed by atoms with van der Waals surface area (Å²) in [5.74, 6) is 0.771. The van der Waals surface area contributed by atoms with Gasteiger partial charge < -0.3 is 10.4 Å². The fourth-order valence-electron chi connectivity index (χ4n) is 1.49. The highest BCUT2D eigenvalue weighted by Gasteiger charge is 2.13. The van der Waals surface area contributed by atoms with Crippen LogP contribution in [0.3, 0.4) is 0 Å². The fourth-order valence-corrected chi connectivity index (χ4v) is 1.49. The Morgan fingerprint density at radius 1 is 1.65 bits per heavy atom. The lowest BCUT2D eigenvalue weighted by Crippen LogP contribution is -2.18. The molecule has 0 aromatic heterocycles. The zero-order chi connectivity index (χ0) is 12.8. The molecule has 90 valence electrons. The summed E-state index contributed by atoms with van der Waals surface area (Å²) < 4.78 is 12.9. The predicted molar refractivity (Wildman–Crippen MR) is 64.5 cm³/mol. The zero-order valence-corrected chi connectivity index (χ0v) is 9.53. The van der Waals surface area contributed by atoms with Gasteiger partial charge in [-0.05, 0) is 24.6 Å². The molecule has 0 fully saturated rings. The van der Waals surface area contributed by atoms with Crippen molar-refractivity contribution in [2.75, 3.05) is 5.32 Å². The SMILES string of the molecule is C#CC(CCC)Nc1ccc(F)cc1C(=O)O. The van der Waals surface area contributed by atoms with Gasteiger partial charge in [0, 0.05) is 5.69 Å². The number of nitrogens with one attached hydrogen (secondary N) is 1. The third kappa shape index (κ3) is 3.49. The van der Waals surface area contributed by atoms with Crippen molar-refractivity contribution in [3.63, 3.8) is 0 Å². The van der Waals surface area contributed by atoms with E-state index in [1.54, 1.807) is 0 Å². The minimum Gasteiger partial charge on any atom is -0.478 e. The average molecular weight is 235 g/mol. The first kappa shape index (κ1) is 13.0. The molecule has 0 heterocycles. The lowest BCUT2D eigenvalue weighted by atomic mass is 10.1. The molecule has 0 radical (unpaired) electrons. The maximum atomic E-state index is 12.9. The van der Waals surface area contributed by atoms with E-state index in [0.717, 1.165) is 18.9 Å². The molecule has 3 nitrogen and oxygen atoms in total. The van der Waals surface area contributed by atoms with Gasteiger partial charge in [-0.15, -0.1) is 6.42 Å². The van der Waals surface area contributed by atoms with Crippen LogP contribution < -0.4 is 5.32 Å². The molecular weight excluding hydrogens is 221 g/mol. The molecule has 0 saturated carbocycles. The molecule has 0 bridgehead atoms. The van der Waals surface area contributed by atoms with Crippen LogP contribution in [-0.4, -0.2) is 17.1 Å². The van der Waals surface area contributed by atoms with Crippen molar-refractivity contribution in [2.45, 2.75) is 25.8 Å².